The van der Waals surface area contributed by atoms with Crippen molar-refractivity contribution < 1.29 is 5.21 Å². The molecular formula is C16H20N2O. The molecule has 3 nitrogen and oxygen atoms in total. The summed E-state index contributed by atoms with van der Waals surface area (Å²) in [7, 11) is 0. The third-order valence-electron chi connectivity index (χ3n) is 5.31. The fraction of sp³-hybridized carbons (Fsp3) is 0.562. The van der Waals surface area contributed by atoms with Crippen molar-refractivity contribution in [1.29, 1.82) is 0 Å². The molecule has 19 heavy (non-hydrogen) atoms. The summed E-state index contributed by atoms with van der Waals surface area (Å²) in [6, 6.07) is 9.15. The monoisotopic (exact) mass is 256 g/mol. The zero-order valence-corrected chi connectivity index (χ0v) is 11.1. The molecule has 1 heterocycles. The smallest absolute Gasteiger partial charge is 0.0775 e. The molecule has 3 aliphatic rings. The molecule has 0 aromatic heterocycles. The zero-order chi connectivity index (χ0) is 12.8. The van der Waals surface area contributed by atoms with Gasteiger partial charge in [-0.25, -0.2) is 0 Å². The van der Waals surface area contributed by atoms with Gasteiger partial charge in [-0.3, -0.25) is 4.90 Å². The van der Waals surface area contributed by atoms with Crippen molar-refractivity contribution in [1.82, 2.24) is 4.90 Å². The number of oxime groups is 1. The van der Waals surface area contributed by atoms with Gasteiger partial charge in [0.2, 0.25) is 0 Å². The van der Waals surface area contributed by atoms with Crippen LogP contribution < -0.4 is 0 Å². The Kier molecular flexibility index (Phi) is 2.62. The molecule has 3 unspecified atom stereocenters. The number of hydrogen-bond acceptors (Lipinski definition) is 3. The summed E-state index contributed by atoms with van der Waals surface area (Å²) < 4.78 is 0. The van der Waals surface area contributed by atoms with Gasteiger partial charge in [0.25, 0.3) is 0 Å². The van der Waals surface area contributed by atoms with E-state index in [0.717, 1.165) is 31.1 Å². The lowest BCUT2D eigenvalue weighted by Crippen LogP contribution is -2.47. The van der Waals surface area contributed by atoms with E-state index in [0.29, 0.717) is 12.0 Å². The van der Waals surface area contributed by atoms with E-state index in [1.165, 1.54) is 30.4 Å². The van der Waals surface area contributed by atoms with E-state index < -0.39 is 0 Å². The average Bonchev–Trinajstić information content (AvgIpc) is 3.07. The van der Waals surface area contributed by atoms with E-state index in [4.69, 9.17) is 0 Å². The molecule has 100 valence electrons. The SMILES string of the molecule is ON=C1C2CCC(C2)C1N1CCc2ccccc2C1. The standard InChI is InChI=1S/C16H20N2O/c19-17-15-12-5-6-13(9-12)16(15)18-8-7-11-3-1-2-4-14(11)10-18/h1-4,12-13,16,19H,5-10H2. The van der Waals surface area contributed by atoms with Gasteiger partial charge in [0.15, 0.2) is 0 Å². The fourth-order valence-corrected chi connectivity index (χ4v) is 4.44. The molecule has 0 amide bonds. The topological polar surface area (TPSA) is 35.8 Å². The van der Waals surface area contributed by atoms with E-state index >= 15 is 0 Å². The Bertz CT molecular complexity index is 525. The predicted octanol–water partition coefficient (Wildman–Crippen LogP) is 2.67. The van der Waals surface area contributed by atoms with Crippen molar-refractivity contribution in [2.45, 2.75) is 38.3 Å². The van der Waals surface area contributed by atoms with Crippen molar-refractivity contribution in [3.8, 4) is 0 Å². The second kappa shape index (κ2) is 4.34. The Morgan fingerprint density at radius 1 is 1.16 bits per heavy atom. The van der Waals surface area contributed by atoms with Gasteiger partial charge in [-0.15, -0.1) is 0 Å². The molecule has 1 aromatic carbocycles. The maximum atomic E-state index is 9.35. The van der Waals surface area contributed by atoms with E-state index in [1.54, 1.807) is 0 Å². The molecular weight excluding hydrogens is 236 g/mol. The molecule has 4 rings (SSSR count). The minimum absolute atomic E-state index is 0.400. The van der Waals surface area contributed by atoms with Crippen molar-refractivity contribution in [2.75, 3.05) is 6.54 Å². The molecule has 3 atom stereocenters. The molecule has 3 heteroatoms. The van der Waals surface area contributed by atoms with E-state index in [1.807, 2.05) is 0 Å². The first-order valence-corrected chi connectivity index (χ1v) is 7.39. The quantitative estimate of drug-likeness (QED) is 0.619. The third kappa shape index (κ3) is 1.71. The Hall–Kier alpha value is -1.35. The van der Waals surface area contributed by atoms with Gasteiger partial charge in [-0.05, 0) is 42.7 Å². The summed E-state index contributed by atoms with van der Waals surface area (Å²) in [5.74, 6) is 1.28. The first-order valence-electron chi connectivity index (χ1n) is 7.39. The summed E-state index contributed by atoms with van der Waals surface area (Å²) in [5.41, 5.74) is 4.01. The van der Waals surface area contributed by atoms with Gasteiger partial charge < -0.3 is 5.21 Å². The van der Waals surface area contributed by atoms with Crippen molar-refractivity contribution in [3.63, 3.8) is 0 Å². The first kappa shape index (κ1) is 11.5. The molecule has 0 saturated heterocycles. The second-order valence-electron chi connectivity index (χ2n) is 6.23. The largest absolute Gasteiger partial charge is 0.411 e. The normalized spacial score (nSPS) is 35.8. The van der Waals surface area contributed by atoms with Gasteiger partial charge in [0, 0.05) is 19.0 Å². The lowest BCUT2D eigenvalue weighted by atomic mass is 9.89. The molecule has 2 bridgehead atoms. The van der Waals surface area contributed by atoms with Gasteiger partial charge in [-0.2, -0.15) is 0 Å². The summed E-state index contributed by atoms with van der Waals surface area (Å²) in [4.78, 5) is 2.54. The van der Waals surface area contributed by atoms with Crippen LogP contribution in [0, 0.1) is 11.8 Å². The van der Waals surface area contributed by atoms with Gasteiger partial charge in [-0.1, -0.05) is 29.4 Å². The number of hydrogen-bond donors (Lipinski definition) is 1. The molecule has 1 aliphatic heterocycles. The summed E-state index contributed by atoms with van der Waals surface area (Å²) >= 11 is 0. The molecule has 0 spiro atoms. The average molecular weight is 256 g/mol. The highest BCUT2D eigenvalue weighted by molar-refractivity contribution is 5.94. The maximum Gasteiger partial charge on any atom is 0.0775 e. The minimum atomic E-state index is 0.400. The Morgan fingerprint density at radius 2 is 2.00 bits per heavy atom. The molecule has 1 N–H and O–H groups in total. The van der Waals surface area contributed by atoms with Gasteiger partial charge >= 0.3 is 0 Å². The molecule has 0 radical (unpaired) electrons. The maximum absolute atomic E-state index is 9.35. The lowest BCUT2D eigenvalue weighted by molar-refractivity contribution is 0.175. The predicted molar refractivity (Wildman–Crippen MR) is 74.4 cm³/mol. The van der Waals surface area contributed by atoms with Crippen LogP contribution >= 0.6 is 0 Å². The van der Waals surface area contributed by atoms with Crippen molar-refractivity contribution >= 4 is 5.71 Å². The van der Waals surface area contributed by atoms with E-state index in [9.17, 15) is 5.21 Å². The zero-order valence-electron chi connectivity index (χ0n) is 11.1. The number of rotatable bonds is 1. The van der Waals surface area contributed by atoms with Crippen LogP contribution in [-0.2, 0) is 13.0 Å². The lowest BCUT2D eigenvalue weighted by Gasteiger charge is -2.38. The Balaban J connectivity index is 1.61. The van der Waals surface area contributed by atoms with Crippen LogP contribution in [0.5, 0.6) is 0 Å². The van der Waals surface area contributed by atoms with E-state index in [2.05, 4.69) is 34.3 Å². The van der Waals surface area contributed by atoms with Crippen LogP contribution in [0.2, 0.25) is 0 Å². The van der Waals surface area contributed by atoms with Crippen LogP contribution in [0.3, 0.4) is 0 Å². The van der Waals surface area contributed by atoms with Crippen LogP contribution in [0.1, 0.15) is 30.4 Å². The molecule has 1 aromatic rings. The van der Waals surface area contributed by atoms with Crippen molar-refractivity contribution in [3.05, 3.63) is 35.4 Å². The van der Waals surface area contributed by atoms with Crippen LogP contribution in [0.4, 0.5) is 0 Å². The number of fused-ring (bicyclic) bond motifs is 3. The Morgan fingerprint density at radius 3 is 2.84 bits per heavy atom. The van der Waals surface area contributed by atoms with Gasteiger partial charge in [0.05, 0.1) is 11.8 Å². The van der Waals surface area contributed by atoms with E-state index in [-0.39, 0.29) is 0 Å². The van der Waals surface area contributed by atoms with Crippen LogP contribution in [0.25, 0.3) is 0 Å². The number of nitrogens with zero attached hydrogens (tertiary/aromatic N) is 2. The Labute approximate surface area is 113 Å². The summed E-state index contributed by atoms with van der Waals surface area (Å²) in [6.07, 6.45) is 4.91. The van der Waals surface area contributed by atoms with Crippen LogP contribution in [0.15, 0.2) is 29.4 Å². The van der Waals surface area contributed by atoms with Crippen LogP contribution in [-0.4, -0.2) is 28.4 Å². The second-order valence-corrected chi connectivity index (χ2v) is 6.23. The minimum Gasteiger partial charge on any atom is -0.411 e. The third-order valence-corrected chi connectivity index (χ3v) is 5.31. The highest BCUT2D eigenvalue weighted by Crippen LogP contribution is 2.45. The number of benzene rings is 1. The highest BCUT2D eigenvalue weighted by atomic mass is 16.4. The molecule has 2 saturated carbocycles. The van der Waals surface area contributed by atoms with Gasteiger partial charge in [0.1, 0.15) is 0 Å². The molecule has 2 aliphatic carbocycles. The molecule has 2 fully saturated rings. The fourth-order valence-electron chi connectivity index (χ4n) is 4.44. The first-order chi connectivity index (χ1) is 9.36. The highest BCUT2D eigenvalue weighted by Gasteiger charge is 2.48. The van der Waals surface area contributed by atoms with Crippen molar-refractivity contribution in [2.24, 2.45) is 17.0 Å². The summed E-state index contributed by atoms with van der Waals surface area (Å²) in [6.45, 7) is 2.12. The summed E-state index contributed by atoms with van der Waals surface area (Å²) in [5, 5.41) is 13.0.